The van der Waals surface area contributed by atoms with Gasteiger partial charge >= 0.3 is 0 Å². The van der Waals surface area contributed by atoms with Crippen LogP contribution in [0.3, 0.4) is 0 Å². The van der Waals surface area contributed by atoms with Gasteiger partial charge in [0.2, 0.25) is 0 Å². The number of guanidine groups is 1. The Hall–Kier alpha value is -2.83. The molecule has 2 heterocycles. The van der Waals surface area contributed by atoms with Crippen LogP contribution in [-0.2, 0) is 12.8 Å². The number of benzene rings is 1. The fourth-order valence-electron chi connectivity index (χ4n) is 3.07. The zero-order chi connectivity index (χ0) is 18.5. The summed E-state index contributed by atoms with van der Waals surface area (Å²) in [7, 11) is 1.75. The Morgan fingerprint density at radius 3 is 2.69 bits per heavy atom. The Bertz CT molecular complexity index is 892. The molecule has 7 heteroatoms. The maximum Gasteiger partial charge on any atom is 0.190 e. The lowest BCUT2D eigenvalue weighted by Gasteiger charge is -2.11. The highest BCUT2D eigenvalue weighted by atomic mass is 19.1. The summed E-state index contributed by atoms with van der Waals surface area (Å²) < 4.78 is 18.4. The first kappa shape index (κ1) is 18.0. The van der Waals surface area contributed by atoms with Gasteiger partial charge in [0.1, 0.15) is 11.6 Å². The Balaban J connectivity index is 1.48. The number of nitrogens with one attached hydrogen (secondary N) is 3. The van der Waals surface area contributed by atoms with Crippen molar-refractivity contribution in [1.29, 1.82) is 0 Å². The molecule has 0 unspecified atom stereocenters. The van der Waals surface area contributed by atoms with E-state index in [2.05, 4.69) is 25.8 Å². The molecule has 0 spiro atoms. The van der Waals surface area contributed by atoms with Gasteiger partial charge in [-0.2, -0.15) is 0 Å². The van der Waals surface area contributed by atoms with Gasteiger partial charge < -0.3 is 20.1 Å². The van der Waals surface area contributed by atoms with E-state index in [-0.39, 0.29) is 5.82 Å². The molecule has 3 aromatic rings. The van der Waals surface area contributed by atoms with Gasteiger partial charge in [0.15, 0.2) is 5.96 Å². The molecule has 2 aromatic heterocycles. The van der Waals surface area contributed by atoms with E-state index >= 15 is 0 Å². The summed E-state index contributed by atoms with van der Waals surface area (Å²) in [6.07, 6.45) is 3.57. The van der Waals surface area contributed by atoms with Gasteiger partial charge in [-0.15, -0.1) is 0 Å². The van der Waals surface area contributed by atoms with Gasteiger partial charge in [-0.1, -0.05) is 5.16 Å². The number of hydrogen-bond acceptors (Lipinski definition) is 3. The van der Waals surface area contributed by atoms with Crippen LogP contribution in [0.1, 0.15) is 22.6 Å². The largest absolute Gasteiger partial charge is 0.361 e. The first-order chi connectivity index (χ1) is 12.6. The molecule has 0 saturated heterocycles. The third-order valence-electron chi connectivity index (χ3n) is 4.49. The van der Waals surface area contributed by atoms with Crippen molar-refractivity contribution in [3.05, 3.63) is 52.8 Å². The molecule has 0 aliphatic heterocycles. The third-order valence-corrected chi connectivity index (χ3v) is 4.49. The molecule has 0 amide bonds. The van der Waals surface area contributed by atoms with Crippen molar-refractivity contribution in [2.45, 2.75) is 26.7 Å². The molecular weight excluding hydrogens is 333 g/mol. The van der Waals surface area contributed by atoms with Crippen molar-refractivity contribution in [2.75, 3.05) is 20.1 Å². The van der Waals surface area contributed by atoms with Crippen LogP contribution in [0.15, 0.2) is 33.9 Å². The molecule has 0 fully saturated rings. The number of aryl methyl sites for hydroxylation is 2. The highest BCUT2D eigenvalue weighted by molar-refractivity contribution is 5.83. The van der Waals surface area contributed by atoms with Crippen LogP contribution in [0.2, 0.25) is 0 Å². The van der Waals surface area contributed by atoms with Crippen LogP contribution >= 0.6 is 0 Å². The van der Waals surface area contributed by atoms with E-state index in [1.165, 1.54) is 12.1 Å². The molecular formula is C19H24FN5O. The summed E-state index contributed by atoms with van der Waals surface area (Å²) in [4.78, 5) is 7.36. The van der Waals surface area contributed by atoms with Crippen molar-refractivity contribution in [2.24, 2.45) is 4.99 Å². The zero-order valence-corrected chi connectivity index (χ0v) is 15.3. The van der Waals surface area contributed by atoms with Crippen LogP contribution in [0.5, 0.6) is 0 Å². The quantitative estimate of drug-likeness (QED) is 0.468. The number of rotatable bonds is 6. The predicted molar refractivity (Wildman–Crippen MR) is 101 cm³/mol. The molecule has 0 radical (unpaired) electrons. The number of aromatic nitrogens is 2. The zero-order valence-electron chi connectivity index (χ0n) is 15.3. The van der Waals surface area contributed by atoms with Crippen molar-refractivity contribution in [3.63, 3.8) is 0 Å². The Morgan fingerprint density at radius 2 is 2.00 bits per heavy atom. The molecule has 0 aliphatic carbocycles. The number of fused-ring (bicyclic) bond motifs is 1. The van der Waals surface area contributed by atoms with Crippen LogP contribution < -0.4 is 10.6 Å². The third kappa shape index (κ3) is 4.04. The second kappa shape index (κ2) is 8.03. The van der Waals surface area contributed by atoms with E-state index in [1.807, 2.05) is 26.1 Å². The van der Waals surface area contributed by atoms with E-state index in [9.17, 15) is 4.39 Å². The predicted octanol–water partition coefficient (Wildman–Crippen LogP) is 2.86. The lowest BCUT2D eigenvalue weighted by Crippen LogP contribution is -2.39. The van der Waals surface area contributed by atoms with Crippen LogP contribution in [0.4, 0.5) is 4.39 Å². The SMILES string of the molecule is CN=C(NCCc1c(C)noc1C)NCCc1c[nH]c2cc(F)ccc12. The number of nitrogens with zero attached hydrogens (tertiary/aromatic N) is 2. The van der Waals surface area contributed by atoms with E-state index < -0.39 is 0 Å². The molecule has 3 N–H and O–H groups in total. The van der Waals surface area contributed by atoms with Gasteiger partial charge in [-0.25, -0.2) is 4.39 Å². The van der Waals surface area contributed by atoms with Gasteiger partial charge in [0.05, 0.1) is 5.69 Å². The van der Waals surface area contributed by atoms with Crippen molar-refractivity contribution in [1.82, 2.24) is 20.8 Å². The lowest BCUT2D eigenvalue weighted by molar-refractivity contribution is 0.392. The first-order valence-corrected chi connectivity index (χ1v) is 8.70. The van der Waals surface area contributed by atoms with Gasteiger partial charge in [-0.05, 0) is 50.5 Å². The second-order valence-electron chi connectivity index (χ2n) is 6.23. The molecule has 0 saturated carbocycles. The average Bonchev–Trinajstić information content (AvgIpc) is 3.17. The molecule has 138 valence electrons. The van der Waals surface area contributed by atoms with Crippen LogP contribution in [-0.4, -0.2) is 36.2 Å². The Labute approximate surface area is 151 Å². The maximum atomic E-state index is 13.3. The Kier molecular flexibility index (Phi) is 5.55. The molecule has 0 bridgehead atoms. The molecule has 1 aromatic carbocycles. The number of hydrogen-bond donors (Lipinski definition) is 3. The molecule has 0 atom stereocenters. The van der Waals surface area contributed by atoms with E-state index in [4.69, 9.17) is 4.52 Å². The van der Waals surface area contributed by atoms with Crippen molar-refractivity contribution in [3.8, 4) is 0 Å². The minimum atomic E-state index is -0.230. The number of aromatic amines is 1. The summed E-state index contributed by atoms with van der Waals surface area (Å²) in [5.41, 5.74) is 4.04. The topological polar surface area (TPSA) is 78.2 Å². The van der Waals surface area contributed by atoms with E-state index in [0.717, 1.165) is 65.4 Å². The van der Waals surface area contributed by atoms with E-state index in [0.29, 0.717) is 0 Å². The fourth-order valence-corrected chi connectivity index (χ4v) is 3.07. The number of H-pyrrole nitrogens is 1. The van der Waals surface area contributed by atoms with E-state index in [1.54, 1.807) is 7.05 Å². The summed E-state index contributed by atoms with van der Waals surface area (Å²) in [6.45, 7) is 5.35. The van der Waals surface area contributed by atoms with Gasteiger partial charge in [-0.3, -0.25) is 4.99 Å². The lowest BCUT2D eigenvalue weighted by atomic mass is 10.1. The first-order valence-electron chi connectivity index (χ1n) is 8.70. The standard InChI is InChI=1S/C19H24FN5O/c1-12-16(13(2)26-25-12)7-9-23-19(21-3)22-8-6-14-11-24-18-10-15(20)4-5-17(14)18/h4-5,10-11,24H,6-9H2,1-3H3,(H2,21,22,23). The molecule has 0 aliphatic rings. The second-order valence-corrected chi connectivity index (χ2v) is 6.23. The Morgan fingerprint density at radius 1 is 1.23 bits per heavy atom. The minimum Gasteiger partial charge on any atom is -0.361 e. The summed E-state index contributed by atoms with van der Waals surface area (Å²) in [5, 5.41) is 11.6. The van der Waals surface area contributed by atoms with Crippen LogP contribution in [0, 0.1) is 19.7 Å². The normalized spacial score (nSPS) is 11.9. The molecule has 6 nitrogen and oxygen atoms in total. The average molecular weight is 357 g/mol. The smallest absolute Gasteiger partial charge is 0.190 e. The monoisotopic (exact) mass is 357 g/mol. The maximum absolute atomic E-state index is 13.3. The molecule has 26 heavy (non-hydrogen) atoms. The van der Waals surface area contributed by atoms with Crippen LogP contribution in [0.25, 0.3) is 10.9 Å². The number of halogens is 1. The number of aliphatic imine (C=N–C) groups is 1. The van der Waals surface area contributed by atoms with Crippen molar-refractivity contribution < 1.29 is 8.91 Å². The summed E-state index contributed by atoms with van der Waals surface area (Å²) >= 11 is 0. The summed E-state index contributed by atoms with van der Waals surface area (Å²) in [5.74, 6) is 1.39. The highest BCUT2D eigenvalue weighted by Gasteiger charge is 2.09. The fraction of sp³-hybridized carbons (Fsp3) is 0.368. The van der Waals surface area contributed by atoms with Gasteiger partial charge in [0, 0.05) is 42.8 Å². The summed E-state index contributed by atoms with van der Waals surface area (Å²) in [6, 6.07) is 4.82. The molecule has 3 rings (SSSR count). The highest BCUT2D eigenvalue weighted by Crippen LogP contribution is 2.19. The van der Waals surface area contributed by atoms with Crippen molar-refractivity contribution >= 4 is 16.9 Å². The van der Waals surface area contributed by atoms with Gasteiger partial charge in [0.25, 0.3) is 0 Å². The minimum absolute atomic E-state index is 0.230.